The van der Waals surface area contributed by atoms with Gasteiger partial charge in [0.15, 0.2) is 0 Å². The molecule has 1 amide bonds. The van der Waals surface area contributed by atoms with Gasteiger partial charge in [-0.2, -0.15) is 0 Å². The van der Waals surface area contributed by atoms with Crippen LogP contribution in [0.15, 0.2) is 29.6 Å². The van der Waals surface area contributed by atoms with Crippen molar-refractivity contribution in [1.29, 1.82) is 0 Å². The molecule has 0 spiro atoms. The molecule has 19 heavy (non-hydrogen) atoms. The summed E-state index contributed by atoms with van der Waals surface area (Å²) in [5.74, 6) is 0.108. The molecule has 0 fully saturated rings. The highest BCUT2D eigenvalue weighted by Gasteiger charge is 2.16. The van der Waals surface area contributed by atoms with Crippen LogP contribution in [0, 0.1) is 5.92 Å². The van der Waals surface area contributed by atoms with Gasteiger partial charge in [-0.1, -0.05) is 32.0 Å². The first-order valence-electron chi connectivity index (χ1n) is 6.58. The van der Waals surface area contributed by atoms with Crippen molar-refractivity contribution in [2.24, 2.45) is 11.7 Å². The Kier molecular flexibility index (Phi) is 4.56. The molecule has 2 aromatic rings. The fourth-order valence-electron chi connectivity index (χ4n) is 1.97. The van der Waals surface area contributed by atoms with Crippen LogP contribution in [0.3, 0.4) is 0 Å². The second-order valence-corrected chi connectivity index (χ2v) is 5.98. The van der Waals surface area contributed by atoms with Crippen molar-refractivity contribution in [3.8, 4) is 0 Å². The number of carbonyl (C=O) groups is 1. The third kappa shape index (κ3) is 3.33. The Morgan fingerprint density at radius 2 is 2.11 bits per heavy atom. The highest BCUT2D eigenvalue weighted by molar-refractivity contribution is 7.17. The van der Waals surface area contributed by atoms with Gasteiger partial charge in [-0.05, 0) is 34.7 Å². The van der Waals surface area contributed by atoms with E-state index in [9.17, 15) is 4.79 Å². The van der Waals surface area contributed by atoms with Gasteiger partial charge in [-0.15, -0.1) is 11.3 Å². The van der Waals surface area contributed by atoms with Crippen LogP contribution in [-0.4, -0.2) is 18.5 Å². The lowest BCUT2D eigenvalue weighted by Crippen LogP contribution is -2.44. The number of fused-ring (bicyclic) bond motifs is 1. The number of carbonyl (C=O) groups excluding carboxylic acids is 1. The SMILES string of the molecule is CC(C)[C@H](N)C(=O)NCCc1csc2ccccc12. The number of thiophene rings is 1. The van der Waals surface area contributed by atoms with E-state index in [2.05, 4.69) is 22.8 Å². The van der Waals surface area contributed by atoms with E-state index >= 15 is 0 Å². The van der Waals surface area contributed by atoms with Crippen molar-refractivity contribution in [2.75, 3.05) is 6.54 Å². The number of amides is 1. The van der Waals surface area contributed by atoms with Crippen molar-refractivity contribution in [3.05, 3.63) is 35.2 Å². The first kappa shape index (κ1) is 14.0. The Morgan fingerprint density at radius 3 is 2.84 bits per heavy atom. The van der Waals surface area contributed by atoms with Crippen LogP contribution in [-0.2, 0) is 11.2 Å². The van der Waals surface area contributed by atoms with Crippen LogP contribution in [0.1, 0.15) is 19.4 Å². The predicted octanol–water partition coefficient (Wildman–Crippen LogP) is 2.54. The molecular formula is C15H20N2OS. The summed E-state index contributed by atoms with van der Waals surface area (Å²) in [5.41, 5.74) is 7.09. The highest BCUT2D eigenvalue weighted by Crippen LogP contribution is 2.25. The minimum Gasteiger partial charge on any atom is -0.354 e. The smallest absolute Gasteiger partial charge is 0.237 e. The molecule has 0 aliphatic heterocycles. The minimum atomic E-state index is -0.417. The van der Waals surface area contributed by atoms with E-state index in [0.29, 0.717) is 6.54 Å². The second-order valence-electron chi connectivity index (χ2n) is 5.07. The van der Waals surface area contributed by atoms with Crippen molar-refractivity contribution in [2.45, 2.75) is 26.3 Å². The zero-order valence-corrected chi connectivity index (χ0v) is 12.2. The van der Waals surface area contributed by atoms with E-state index in [1.54, 1.807) is 11.3 Å². The van der Waals surface area contributed by atoms with Crippen LogP contribution >= 0.6 is 11.3 Å². The lowest BCUT2D eigenvalue weighted by atomic mass is 10.0. The average molecular weight is 276 g/mol. The first-order valence-corrected chi connectivity index (χ1v) is 7.46. The molecule has 4 heteroatoms. The quantitative estimate of drug-likeness (QED) is 0.881. The van der Waals surface area contributed by atoms with Crippen LogP contribution in [0.4, 0.5) is 0 Å². The summed E-state index contributed by atoms with van der Waals surface area (Å²) in [6.07, 6.45) is 0.848. The molecule has 0 saturated carbocycles. The van der Waals surface area contributed by atoms with Gasteiger partial charge >= 0.3 is 0 Å². The fraction of sp³-hybridized carbons (Fsp3) is 0.400. The minimum absolute atomic E-state index is 0.0606. The van der Waals surface area contributed by atoms with Crippen molar-refractivity contribution >= 4 is 27.3 Å². The normalized spacial score (nSPS) is 12.8. The number of hydrogen-bond donors (Lipinski definition) is 2. The van der Waals surface area contributed by atoms with Gasteiger partial charge in [-0.3, -0.25) is 4.79 Å². The molecule has 3 N–H and O–H groups in total. The third-order valence-corrected chi connectivity index (χ3v) is 4.29. The summed E-state index contributed by atoms with van der Waals surface area (Å²) in [4.78, 5) is 11.7. The first-order chi connectivity index (χ1) is 9.09. The molecule has 0 aliphatic rings. The van der Waals surface area contributed by atoms with E-state index in [1.165, 1.54) is 15.6 Å². The van der Waals surface area contributed by atoms with E-state index in [1.807, 2.05) is 26.0 Å². The van der Waals surface area contributed by atoms with Gasteiger partial charge in [0.1, 0.15) is 0 Å². The number of rotatable bonds is 5. The summed E-state index contributed by atoms with van der Waals surface area (Å²) in [6.45, 7) is 4.55. The Bertz CT molecular complexity index is 562. The predicted molar refractivity (Wildman–Crippen MR) is 81.4 cm³/mol. The van der Waals surface area contributed by atoms with E-state index in [0.717, 1.165) is 6.42 Å². The monoisotopic (exact) mass is 276 g/mol. The molecular weight excluding hydrogens is 256 g/mol. The van der Waals surface area contributed by atoms with E-state index in [4.69, 9.17) is 5.73 Å². The third-order valence-electron chi connectivity index (χ3n) is 3.28. The van der Waals surface area contributed by atoms with E-state index < -0.39 is 6.04 Å². The van der Waals surface area contributed by atoms with Crippen molar-refractivity contribution in [1.82, 2.24) is 5.32 Å². The second kappa shape index (κ2) is 6.17. The molecule has 3 nitrogen and oxygen atoms in total. The molecule has 1 aromatic heterocycles. The number of nitrogens with two attached hydrogens (primary N) is 1. The standard InChI is InChI=1S/C15H20N2OS/c1-10(2)14(16)15(18)17-8-7-11-9-19-13-6-4-3-5-12(11)13/h3-6,9-10,14H,7-8,16H2,1-2H3,(H,17,18)/t14-/m0/s1. The van der Waals surface area contributed by atoms with Crippen molar-refractivity contribution < 1.29 is 4.79 Å². The summed E-state index contributed by atoms with van der Waals surface area (Å²) >= 11 is 1.75. The van der Waals surface area contributed by atoms with Gasteiger partial charge in [-0.25, -0.2) is 0 Å². The zero-order chi connectivity index (χ0) is 13.8. The Morgan fingerprint density at radius 1 is 1.37 bits per heavy atom. The molecule has 0 saturated heterocycles. The fourth-order valence-corrected chi connectivity index (χ4v) is 2.96. The van der Waals surface area contributed by atoms with Crippen LogP contribution in [0.2, 0.25) is 0 Å². The number of hydrogen-bond acceptors (Lipinski definition) is 3. The lowest BCUT2D eigenvalue weighted by molar-refractivity contribution is -0.123. The van der Waals surface area contributed by atoms with Crippen LogP contribution in [0.5, 0.6) is 0 Å². The zero-order valence-electron chi connectivity index (χ0n) is 11.3. The van der Waals surface area contributed by atoms with Crippen LogP contribution in [0.25, 0.3) is 10.1 Å². The lowest BCUT2D eigenvalue weighted by Gasteiger charge is -2.15. The van der Waals surface area contributed by atoms with Gasteiger partial charge in [0, 0.05) is 11.2 Å². The molecule has 0 aliphatic carbocycles. The maximum Gasteiger partial charge on any atom is 0.237 e. The van der Waals surface area contributed by atoms with E-state index in [-0.39, 0.29) is 11.8 Å². The molecule has 1 atom stereocenters. The Balaban J connectivity index is 1.91. The van der Waals surface area contributed by atoms with Crippen molar-refractivity contribution in [3.63, 3.8) is 0 Å². The maximum absolute atomic E-state index is 11.7. The number of benzene rings is 1. The van der Waals surface area contributed by atoms with Crippen LogP contribution < -0.4 is 11.1 Å². The summed E-state index contributed by atoms with van der Waals surface area (Å²) in [5, 5.41) is 6.36. The molecule has 2 rings (SSSR count). The van der Waals surface area contributed by atoms with Gasteiger partial charge in [0.2, 0.25) is 5.91 Å². The summed E-state index contributed by atoms with van der Waals surface area (Å²) in [6, 6.07) is 7.93. The topological polar surface area (TPSA) is 55.1 Å². The number of nitrogens with one attached hydrogen (secondary N) is 1. The molecule has 0 radical (unpaired) electrons. The molecule has 1 aromatic carbocycles. The van der Waals surface area contributed by atoms with Gasteiger partial charge in [0.05, 0.1) is 6.04 Å². The Labute approximate surface area is 117 Å². The molecule has 0 unspecified atom stereocenters. The highest BCUT2D eigenvalue weighted by atomic mass is 32.1. The maximum atomic E-state index is 11.7. The molecule has 1 heterocycles. The molecule has 102 valence electrons. The molecule has 0 bridgehead atoms. The van der Waals surface area contributed by atoms with Gasteiger partial charge in [0.25, 0.3) is 0 Å². The van der Waals surface area contributed by atoms with Gasteiger partial charge < -0.3 is 11.1 Å². The Hall–Kier alpha value is -1.39. The summed E-state index contributed by atoms with van der Waals surface area (Å²) < 4.78 is 1.29. The average Bonchev–Trinajstić information content (AvgIpc) is 2.81. The largest absolute Gasteiger partial charge is 0.354 e. The summed E-state index contributed by atoms with van der Waals surface area (Å²) in [7, 11) is 0.